The van der Waals surface area contributed by atoms with Crippen molar-refractivity contribution in [1.82, 2.24) is 0 Å². The monoisotopic (exact) mass is 262 g/mol. The molecule has 0 heterocycles. The lowest BCUT2D eigenvalue weighted by molar-refractivity contribution is -0.114. The van der Waals surface area contributed by atoms with Gasteiger partial charge in [-0.05, 0) is 35.2 Å². The largest absolute Gasteiger partial charge is 0.507 e. The molecule has 0 saturated carbocycles. The molecule has 0 saturated heterocycles. The highest BCUT2D eigenvalue weighted by Crippen LogP contribution is 2.51. The molecule has 0 aromatic heterocycles. The van der Waals surface area contributed by atoms with E-state index >= 15 is 0 Å². The van der Waals surface area contributed by atoms with Crippen molar-refractivity contribution in [1.29, 1.82) is 0 Å². The highest BCUT2D eigenvalue weighted by Gasteiger charge is 2.42. The normalized spacial score (nSPS) is 25.2. The Morgan fingerprint density at radius 1 is 1.05 bits per heavy atom. The molecule has 1 N–H and O–H groups in total. The van der Waals surface area contributed by atoms with Crippen LogP contribution in [0.4, 0.5) is 0 Å². The lowest BCUT2D eigenvalue weighted by atomic mass is 9.65. The summed E-state index contributed by atoms with van der Waals surface area (Å²) in [7, 11) is 0. The summed E-state index contributed by atoms with van der Waals surface area (Å²) in [6, 6.07) is 0. The van der Waals surface area contributed by atoms with Gasteiger partial charge in [0.15, 0.2) is 5.78 Å². The minimum atomic E-state index is -0.0883. The Bertz CT molecular complexity index is 478. The second kappa shape index (κ2) is 4.22. The molecule has 0 aliphatic heterocycles. The van der Waals surface area contributed by atoms with Crippen molar-refractivity contribution in [3.05, 3.63) is 22.5 Å². The van der Waals surface area contributed by atoms with E-state index in [-0.39, 0.29) is 22.4 Å². The molecule has 1 atom stereocenters. The SMILES string of the molecule is CC(C)(C)C1=C(O)C2=C(CCC2=O)C(C(C)(C)C)C1. The van der Waals surface area contributed by atoms with E-state index in [1.54, 1.807) is 0 Å². The fourth-order valence-corrected chi connectivity index (χ4v) is 3.38. The molecule has 0 aromatic carbocycles. The van der Waals surface area contributed by atoms with Gasteiger partial charge in [0.25, 0.3) is 0 Å². The van der Waals surface area contributed by atoms with Gasteiger partial charge >= 0.3 is 0 Å². The molecule has 0 spiro atoms. The Hall–Kier alpha value is -1.05. The van der Waals surface area contributed by atoms with Crippen LogP contribution in [0.5, 0.6) is 0 Å². The van der Waals surface area contributed by atoms with Gasteiger partial charge in [-0.15, -0.1) is 0 Å². The van der Waals surface area contributed by atoms with Crippen molar-refractivity contribution in [3.63, 3.8) is 0 Å². The van der Waals surface area contributed by atoms with Crippen molar-refractivity contribution in [2.24, 2.45) is 16.7 Å². The first kappa shape index (κ1) is 14.4. The quantitative estimate of drug-likeness (QED) is 0.694. The van der Waals surface area contributed by atoms with Crippen molar-refractivity contribution >= 4 is 5.78 Å². The van der Waals surface area contributed by atoms with E-state index in [0.717, 1.165) is 18.4 Å². The zero-order chi connectivity index (χ0) is 14.6. The Labute approximate surface area is 116 Å². The van der Waals surface area contributed by atoms with Crippen LogP contribution in [0.1, 0.15) is 60.8 Å². The average molecular weight is 262 g/mol. The van der Waals surface area contributed by atoms with Crippen LogP contribution in [0.2, 0.25) is 0 Å². The molecule has 2 aliphatic carbocycles. The molecule has 0 bridgehead atoms. The second-order valence-corrected chi connectivity index (χ2v) is 8.02. The lowest BCUT2D eigenvalue weighted by Gasteiger charge is -2.39. The maximum atomic E-state index is 12.1. The van der Waals surface area contributed by atoms with E-state index in [9.17, 15) is 9.90 Å². The van der Waals surface area contributed by atoms with E-state index < -0.39 is 0 Å². The molecule has 0 aromatic rings. The fourth-order valence-electron chi connectivity index (χ4n) is 3.38. The number of aliphatic hydroxyl groups is 1. The van der Waals surface area contributed by atoms with Crippen LogP contribution in [-0.2, 0) is 4.79 Å². The Morgan fingerprint density at radius 2 is 1.63 bits per heavy atom. The van der Waals surface area contributed by atoms with E-state index in [1.807, 2.05) is 0 Å². The van der Waals surface area contributed by atoms with Gasteiger partial charge in [-0.1, -0.05) is 47.1 Å². The van der Waals surface area contributed by atoms with Crippen molar-refractivity contribution in [2.75, 3.05) is 0 Å². The molecule has 2 nitrogen and oxygen atoms in total. The third kappa shape index (κ3) is 2.37. The average Bonchev–Trinajstić information content (AvgIpc) is 2.58. The number of carbonyl (C=O) groups excluding carboxylic acids is 1. The van der Waals surface area contributed by atoms with Gasteiger partial charge in [-0.3, -0.25) is 4.79 Å². The highest BCUT2D eigenvalue weighted by atomic mass is 16.3. The van der Waals surface area contributed by atoms with E-state index in [2.05, 4.69) is 41.5 Å². The molecular weight excluding hydrogens is 236 g/mol. The van der Waals surface area contributed by atoms with Crippen LogP contribution < -0.4 is 0 Å². The highest BCUT2D eigenvalue weighted by molar-refractivity contribution is 6.02. The first-order chi connectivity index (χ1) is 8.53. The number of hydrogen-bond acceptors (Lipinski definition) is 2. The Morgan fingerprint density at radius 3 is 2.11 bits per heavy atom. The maximum Gasteiger partial charge on any atom is 0.166 e. The van der Waals surface area contributed by atoms with Crippen LogP contribution in [0, 0.1) is 16.7 Å². The van der Waals surface area contributed by atoms with Gasteiger partial charge in [0, 0.05) is 6.42 Å². The predicted molar refractivity (Wildman–Crippen MR) is 77.9 cm³/mol. The summed E-state index contributed by atoms with van der Waals surface area (Å²) in [5.41, 5.74) is 2.93. The molecule has 2 rings (SSSR count). The predicted octanol–water partition coefficient (Wildman–Crippen LogP) is 4.57. The summed E-state index contributed by atoms with van der Waals surface area (Å²) >= 11 is 0. The molecule has 2 heteroatoms. The number of carbonyl (C=O) groups is 1. The van der Waals surface area contributed by atoms with E-state index in [1.165, 1.54) is 5.57 Å². The second-order valence-electron chi connectivity index (χ2n) is 8.02. The third-order valence-electron chi connectivity index (χ3n) is 4.52. The number of aliphatic hydroxyl groups excluding tert-OH is 1. The van der Waals surface area contributed by atoms with Crippen LogP contribution in [0.3, 0.4) is 0 Å². The molecule has 2 aliphatic rings. The minimum absolute atomic E-state index is 0.0883. The zero-order valence-corrected chi connectivity index (χ0v) is 13.1. The standard InChI is InChI=1S/C17H26O2/c1-16(2,3)11-9-12(17(4,5)6)15(19)14-10(11)7-8-13(14)18/h11,19H,7-9H2,1-6H3. The summed E-state index contributed by atoms with van der Waals surface area (Å²) < 4.78 is 0. The first-order valence-electron chi connectivity index (χ1n) is 7.22. The van der Waals surface area contributed by atoms with Gasteiger partial charge in [0.1, 0.15) is 5.76 Å². The Balaban J connectivity index is 2.59. The number of hydrogen-bond donors (Lipinski definition) is 1. The smallest absolute Gasteiger partial charge is 0.166 e. The Kier molecular flexibility index (Phi) is 3.19. The maximum absolute atomic E-state index is 12.1. The van der Waals surface area contributed by atoms with Gasteiger partial charge in [-0.2, -0.15) is 0 Å². The lowest BCUT2D eigenvalue weighted by Crippen LogP contribution is -2.30. The van der Waals surface area contributed by atoms with Crippen molar-refractivity contribution < 1.29 is 9.90 Å². The molecular formula is C17H26O2. The molecule has 0 amide bonds. The van der Waals surface area contributed by atoms with E-state index in [4.69, 9.17) is 0 Å². The van der Waals surface area contributed by atoms with E-state index in [0.29, 0.717) is 17.9 Å². The van der Waals surface area contributed by atoms with Gasteiger partial charge < -0.3 is 5.11 Å². The summed E-state index contributed by atoms with van der Waals surface area (Å²) in [4.78, 5) is 12.1. The number of rotatable bonds is 0. The molecule has 0 radical (unpaired) electrons. The number of Topliss-reactive ketones (excluding diaryl/α,β-unsaturated/α-hetero) is 1. The minimum Gasteiger partial charge on any atom is -0.507 e. The fraction of sp³-hybridized carbons (Fsp3) is 0.706. The van der Waals surface area contributed by atoms with Crippen molar-refractivity contribution in [3.8, 4) is 0 Å². The molecule has 19 heavy (non-hydrogen) atoms. The molecule has 0 fully saturated rings. The summed E-state index contributed by atoms with van der Waals surface area (Å²) in [5, 5.41) is 10.5. The van der Waals surface area contributed by atoms with Crippen LogP contribution in [0.15, 0.2) is 22.5 Å². The molecule has 106 valence electrons. The van der Waals surface area contributed by atoms with Gasteiger partial charge in [0.05, 0.1) is 5.57 Å². The summed E-state index contributed by atoms with van der Waals surface area (Å²) in [5.74, 6) is 0.785. The molecule has 1 unspecified atom stereocenters. The number of ketones is 1. The van der Waals surface area contributed by atoms with Crippen LogP contribution in [0.25, 0.3) is 0 Å². The topological polar surface area (TPSA) is 37.3 Å². The van der Waals surface area contributed by atoms with Crippen LogP contribution in [-0.4, -0.2) is 10.9 Å². The third-order valence-corrected chi connectivity index (χ3v) is 4.52. The first-order valence-corrected chi connectivity index (χ1v) is 7.22. The van der Waals surface area contributed by atoms with Gasteiger partial charge in [0.2, 0.25) is 0 Å². The number of allylic oxidation sites excluding steroid dienone is 3. The zero-order valence-electron chi connectivity index (χ0n) is 13.1. The van der Waals surface area contributed by atoms with Gasteiger partial charge in [-0.25, -0.2) is 0 Å². The summed E-state index contributed by atoms with van der Waals surface area (Å²) in [6.45, 7) is 13.0. The summed E-state index contributed by atoms with van der Waals surface area (Å²) in [6.07, 6.45) is 2.28. The van der Waals surface area contributed by atoms with Crippen LogP contribution >= 0.6 is 0 Å². The van der Waals surface area contributed by atoms with Crippen molar-refractivity contribution in [2.45, 2.75) is 60.8 Å².